The summed E-state index contributed by atoms with van der Waals surface area (Å²) in [5.74, 6) is -1.50. The summed E-state index contributed by atoms with van der Waals surface area (Å²) in [6, 6.07) is 0. The Morgan fingerprint density at radius 3 is 1.03 bits per heavy atom. The molecule has 0 aromatic carbocycles. The van der Waals surface area contributed by atoms with E-state index < -0.39 is 11.9 Å². The van der Waals surface area contributed by atoms with Crippen LogP contribution in [0.25, 0.3) is 0 Å². The Labute approximate surface area is 191 Å². The van der Waals surface area contributed by atoms with E-state index in [1.54, 1.807) is 6.08 Å². The molecule has 0 bridgehead atoms. The molecule has 0 aliphatic carbocycles. The van der Waals surface area contributed by atoms with Crippen LogP contribution in [0.3, 0.4) is 0 Å². The van der Waals surface area contributed by atoms with Crippen LogP contribution < -0.4 is 0 Å². The summed E-state index contributed by atoms with van der Waals surface area (Å²) in [7, 11) is 0. The van der Waals surface area contributed by atoms with Crippen molar-refractivity contribution in [2.45, 2.75) is 148 Å². The zero-order valence-electron chi connectivity index (χ0n) is 20.1. The highest BCUT2D eigenvalue weighted by Crippen LogP contribution is 2.15. The molecule has 0 fully saturated rings. The smallest absolute Gasteiger partial charge is 0.327 e. The van der Waals surface area contributed by atoms with Crippen molar-refractivity contribution in [2.24, 2.45) is 0 Å². The first kappa shape index (κ1) is 29.7. The van der Waals surface area contributed by atoms with E-state index in [-0.39, 0.29) is 0 Å². The Hall–Kier alpha value is -1.32. The quantitative estimate of drug-likeness (QED) is 0.110. The van der Waals surface area contributed by atoms with Crippen LogP contribution in [0.5, 0.6) is 0 Å². The van der Waals surface area contributed by atoms with Gasteiger partial charge in [-0.1, -0.05) is 128 Å². The molecule has 2 N–H and O–H groups in total. The second kappa shape index (κ2) is 24.9. The number of carboxylic acid groups (broad SMARTS) is 2. The number of carbonyl (C=O) groups is 2. The van der Waals surface area contributed by atoms with E-state index in [4.69, 9.17) is 10.2 Å². The highest BCUT2D eigenvalue weighted by molar-refractivity contribution is 5.79. The van der Waals surface area contributed by atoms with Gasteiger partial charge in [-0.2, -0.15) is 0 Å². The molecule has 0 spiro atoms. The van der Waals surface area contributed by atoms with Crippen LogP contribution in [0.15, 0.2) is 12.2 Å². The summed E-state index contributed by atoms with van der Waals surface area (Å²) in [4.78, 5) is 20.8. The molecule has 182 valence electrons. The average molecular weight is 439 g/mol. The third-order valence-corrected chi connectivity index (χ3v) is 6.02. The van der Waals surface area contributed by atoms with Gasteiger partial charge in [0.1, 0.15) is 0 Å². The molecular weight excluding hydrogens is 388 g/mol. The molecule has 4 heteroatoms. The molecule has 0 saturated carbocycles. The molecular formula is C27H50O4. The maximum Gasteiger partial charge on any atom is 0.327 e. The molecule has 0 saturated heterocycles. The number of hydrogen-bond acceptors (Lipinski definition) is 2. The summed E-state index contributed by atoms with van der Waals surface area (Å²) in [5.41, 5.74) is 0. The Morgan fingerprint density at radius 1 is 0.452 bits per heavy atom. The lowest BCUT2D eigenvalue weighted by Gasteiger charge is -2.04. The van der Waals surface area contributed by atoms with Crippen molar-refractivity contribution < 1.29 is 19.8 Å². The monoisotopic (exact) mass is 438 g/mol. The van der Waals surface area contributed by atoms with Crippen LogP contribution in [0.2, 0.25) is 0 Å². The van der Waals surface area contributed by atoms with Crippen molar-refractivity contribution >= 4 is 11.9 Å². The predicted molar refractivity (Wildman–Crippen MR) is 131 cm³/mol. The number of hydrogen-bond donors (Lipinski definition) is 2. The van der Waals surface area contributed by atoms with Gasteiger partial charge in [0.05, 0.1) is 0 Å². The highest BCUT2D eigenvalue weighted by atomic mass is 16.4. The third kappa shape index (κ3) is 28.7. The molecule has 0 aliphatic heterocycles. The standard InChI is InChI=1S/C27H50O4/c28-26(29)24-22-20-18-16-14-12-10-8-6-4-2-1-3-5-7-9-11-13-15-17-19-21-23-25-27(30)31/h22,24H,1-21,23,25H2,(H,28,29)(H,30,31). The SMILES string of the molecule is O=C(O)C=CCCCCCCCCCCCCCCCCCCCCCCCC(=O)O. The number of aliphatic carboxylic acids is 2. The molecule has 31 heavy (non-hydrogen) atoms. The van der Waals surface area contributed by atoms with Crippen LogP contribution in [-0.2, 0) is 9.59 Å². The molecule has 0 heterocycles. The Bertz CT molecular complexity index is 431. The fourth-order valence-electron chi connectivity index (χ4n) is 4.08. The molecule has 0 aromatic heterocycles. The first-order valence-corrected chi connectivity index (χ1v) is 13.2. The lowest BCUT2D eigenvalue weighted by molar-refractivity contribution is -0.137. The number of allylic oxidation sites excluding steroid dienone is 1. The largest absolute Gasteiger partial charge is 0.481 e. The van der Waals surface area contributed by atoms with Crippen molar-refractivity contribution in [3.05, 3.63) is 12.2 Å². The van der Waals surface area contributed by atoms with Crippen LogP contribution in [-0.4, -0.2) is 22.2 Å². The first-order chi connectivity index (χ1) is 15.1. The van der Waals surface area contributed by atoms with E-state index in [0.717, 1.165) is 25.7 Å². The summed E-state index contributed by atoms with van der Waals surface area (Å²) >= 11 is 0. The normalized spacial score (nSPS) is 11.4. The lowest BCUT2D eigenvalue weighted by Crippen LogP contribution is -1.93. The Balaban J connectivity index is 3.05. The van der Waals surface area contributed by atoms with Gasteiger partial charge in [0.25, 0.3) is 0 Å². The predicted octanol–water partition coefficient (Wildman–Crippen LogP) is 8.68. The van der Waals surface area contributed by atoms with Gasteiger partial charge < -0.3 is 10.2 Å². The van der Waals surface area contributed by atoms with E-state index in [1.807, 2.05) is 0 Å². The molecule has 0 atom stereocenters. The first-order valence-electron chi connectivity index (χ1n) is 13.2. The van der Waals surface area contributed by atoms with Crippen LogP contribution in [0, 0.1) is 0 Å². The van der Waals surface area contributed by atoms with Crippen LogP contribution >= 0.6 is 0 Å². The lowest BCUT2D eigenvalue weighted by atomic mass is 10.0. The summed E-state index contributed by atoms with van der Waals surface area (Å²) < 4.78 is 0. The van der Waals surface area contributed by atoms with Gasteiger partial charge in [0.15, 0.2) is 0 Å². The fraction of sp³-hybridized carbons (Fsp3) is 0.852. The zero-order valence-corrected chi connectivity index (χ0v) is 20.1. The number of unbranched alkanes of at least 4 members (excludes halogenated alkanes) is 21. The number of rotatable bonds is 25. The third-order valence-electron chi connectivity index (χ3n) is 6.02. The van der Waals surface area contributed by atoms with Crippen LogP contribution in [0.1, 0.15) is 148 Å². The van der Waals surface area contributed by atoms with E-state index >= 15 is 0 Å². The molecule has 0 aromatic rings. The van der Waals surface area contributed by atoms with Crippen LogP contribution in [0.4, 0.5) is 0 Å². The van der Waals surface area contributed by atoms with Crippen molar-refractivity contribution in [1.82, 2.24) is 0 Å². The minimum absolute atomic E-state index is 0.332. The van der Waals surface area contributed by atoms with Crippen molar-refractivity contribution in [1.29, 1.82) is 0 Å². The van der Waals surface area contributed by atoms with Crippen molar-refractivity contribution in [3.8, 4) is 0 Å². The minimum Gasteiger partial charge on any atom is -0.481 e. The van der Waals surface area contributed by atoms with Crippen molar-refractivity contribution in [3.63, 3.8) is 0 Å². The van der Waals surface area contributed by atoms with Gasteiger partial charge >= 0.3 is 11.9 Å². The maximum absolute atomic E-state index is 10.4. The van der Waals surface area contributed by atoms with E-state index in [0.29, 0.717) is 6.42 Å². The molecule has 0 radical (unpaired) electrons. The summed E-state index contributed by atoms with van der Waals surface area (Å²) in [6.07, 6.45) is 31.5. The highest BCUT2D eigenvalue weighted by Gasteiger charge is 1.97. The second-order valence-corrected chi connectivity index (χ2v) is 9.10. The van der Waals surface area contributed by atoms with E-state index in [2.05, 4.69) is 0 Å². The number of carboxylic acids is 2. The van der Waals surface area contributed by atoms with E-state index in [9.17, 15) is 9.59 Å². The molecule has 0 amide bonds. The van der Waals surface area contributed by atoms with Gasteiger partial charge in [-0.25, -0.2) is 4.79 Å². The topological polar surface area (TPSA) is 74.6 Å². The average Bonchev–Trinajstić information content (AvgIpc) is 2.73. The fourth-order valence-corrected chi connectivity index (χ4v) is 4.08. The molecule has 0 rings (SSSR count). The van der Waals surface area contributed by atoms with Gasteiger partial charge in [0.2, 0.25) is 0 Å². The second-order valence-electron chi connectivity index (χ2n) is 9.10. The van der Waals surface area contributed by atoms with Crippen molar-refractivity contribution in [2.75, 3.05) is 0 Å². The van der Waals surface area contributed by atoms with Gasteiger partial charge in [-0.3, -0.25) is 4.79 Å². The van der Waals surface area contributed by atoms with Gasteiger partial charge in [-0.15, -0.1) is 0 Å². The summed E-state index contributed by atoms with van der Waals surface area (Å²) in [6.45, 7) is 0. The molecule has 4 nitrogen and oxygen atoms in total. The molecule has 0 unspecified atom stereocenters. The maximum atomic E-state index is 10.4. The van der Waals surface area contributed by atoms with Gasteiger partial charge in [0, 0.05) is 12.5 Å². The Kier molecular flexibility index (Phi) is 23.9. The van der Waals surface area contributed by atoms with E-state index in [1.165, 1.54) is 122 Å². The van der Waals surface area contributed by atoms with Gasteiger partial charge in [-0.05, 0) is 19.3 Å². The minimum atomic E-state index is -0.842. The Morgan fingerprint density at radius 2 is 0.742 bits per heavy atom. The zero-order chi connectivity index (χ0) is 22.8. The summed E-state index contributed by atoms with van der Waals surface area (Å²) in [5, 5.41) is 17.1. The molecule has 0 aliphatic rings.